The minimum absolute atomic E-state index is 0.0476. The molecule has 3 aromatic carbocycles. The molecule has 1 N–H and O–H groups in total. The van der Waals surface area contributed by atoms with E-state index in [9.17, 15) is 10.1 Å². The third kappa shape index (κ3) is 6.23. The van der Waals surface area contributed by atoms with Gasteiger partial charge in [0.15, 0.2) is 0 Å². The van der Waals surface area contributed by atoms with Crippen LogP contribution in [0, 0.1) is 14.9 Å². The maximum Gasteiger partial charge on any atom is 0.266 e. The molecule has 0 saturated heterocycles. The van der Waals surface area contributed by atoms with Crippen molar-refractivity contribution in [3.63, 3.8) is 0 Å². The van der Waals surface area contributed by atoms with Gasteiger partial charge in [0.2, 0.25) is 0 Å². The van der Waals surface area contributed by atoms with Crippen molar-refractivity contribution in [1.82, 2.24) is 0 Å². The number of rotatable bonds is 6. The second-order valence-electron chi connectivity index (χ2n) is 6.23. The third-order valence-corrected chi connectivity index (χ3v) is 5.32. The van der Waals surface area contributed by atoms with Crippen molar-refractivity contribution in [2.24, 2.45) is 0 Å². The van der Waals surface area contributed by atoms with Crippen LogP contribution in [0.4, 0.5) is 5.69 Å². The van der Waals surface area contributed by atoms with Crippen molar-refractivity contribution in [3.8, 4) is 11.8 Å². The molecule has 0 atom stereocenters. The van der Waals surface area contributed by atoms with Crippen LogP contribution in [0.25, 0.3) is 6.08 Å². The van der Waals surface area contributed by atoms with Crippen molar-refractivity contribution in [1.29, 1.82) is 5.26 Å². The van der Waals surface area contributed by atoms with Gasteiger partial charge in [-0.05, 0) is 82.3 Å². The molecule has 3 aromatic rings. The van der Waals surface area contributed by atoms with E-state index < -0.39 is 5.91 Å². The van der Waals surface area contributed by atoms with E-state index in [0.29, 0.717) is 33.7 Å². The summed E-state index contributed by atoms with van der Waals surface area (Å²) in [4.78, 5) is 12.4. The molecule has 0 aliphatic carbocycles. The lowest BCUT2D eigenvalue weighted by Gasteiger charge is -2.08. The van der Waals surface area contributed by atoms with Gasteiger partial charge in [0.1, 0.15) is 24.0 Å². The summed E-state index contributed by atoms with van der Waals surface area (Å²) in [6.45, 7) is 0.458. The molecular formula is C23H15Cl2IN2O2. The van der Waals surface area contributed by atoms with Gasteiger partial charge in [-0.1, -0.05) is 47.5 Å². The Morgan fingerprint density at radius 1 is 1.07 bits per heavy atom. The Morgan fingerprint density at radius 3 is 2.40 bits per heavy atom. The quantitative estimate of drug-likeness (QED) is 0.211. The fourth-order valence-electron chi connectivity index (χ4n) is 2.50. The summed E-state index contributed by atoms with van der Waals surface area (Å²) in [5, 5.41) is 12.7. The Bertz CT molecular complexity index is 1120. The molecule has 0 aliphatic rings. The Hall–Kier alpha value is -2.53. The molecule has 1 amide bonds. The van der Waals surface area contributed by atoms with E-state index in [1.807, 2.05) is 30.3 Å². The highest BCUT2D eigenvalue weighted by Crippen LogP contribution is 2.26. The van der Waals surface area contributed by atoms with Crippen LogP contribution in [0.5, 0.6) is 5.75 Å². The first kappa shape index (κ1) is 22.2. The minimum Gasteiger partial charge on any atom is -0.489 e. The fourth-order valence-corrected chi connectivity index (χ4v) is 3.32. The molecule has 0 fully saturated rings. The van der Waals surface area contributed by atoms with Gasteiger partial charge >= 0.3 is 0 Å². The number of benzene rings is 3. The highest BCUT2D eigenvalue weighted by Gasteiger charge is 2.12. The molecule has 150 valence electrons. The lowest BCUT2D eigenvalue weighted by molar-refractivity contribution is -0.112. The molecule has 0 unspecified atom stereocenters. The standard InChI is InChI=1S/C23H15Cl2IN2O2/c24-18-5-10-22(21(25)12-18)28-23(29)17(13-27)11-15-3-8-20(9-4-15)30-14-16-1-6-19(26)7-2-16/h1-12H,14H2,(H,28,29)/b17-11-. The molecule has 0 aliphatic heterocycles. The summed E-state index contributed by atoms with van der Waals surface area (Å²) >= 11 is 14.2. The van der Waals surface area contributed by atoms with Crippen LogP contribution in [0.3, 0.4) is 0 Å². The molecule has 7 heteroatoms. The zero-order valence-corrected chi connectivity index (χ0v) is 19.2. The predicted molar refractivity (Wildman–Crippen MR) is 129 cm³/mol. The van der Waals surface area contributed by atoms with Gasteiger partial charge in [-0.3, -0.25) is 4.79 Å². The summed E-state index contributed by atoms with van der Waals surface area (Å²) in [6.07, 6.45) is 1.50. The van der Waals surface area contributed by atoms with Crippen LogP contribution in [0.15, 0.2) is 72.3 Å². The van der Waals surface area contributed by atoms with Crippen LogP contribution in [-0.4, -0.2) is 5.91 Å². The van der Waals surface area contributed by atoms with Crippen molar-refractivity contribution in [3.05, 3.63) is 97.0 Å². The third-order valence-electron chi connectivity index (χ3n) is 4.05. The second-order valence-corrected chi connectivity index (χ2v) is 8.32. The number of amides is 1. The van der Waals surface area contributed by atoms with Crippen molar-refractivity contribution >= 4 is 63.5 Å². The maximum absolute atomic E-state index is 12.4. The Morgan fingerprint density at radius 2 is 1.77 bits per heavy atom. The largest absolute Gasteiger partial charge is 0.489 e. The molecule has 0 radical (unpaired) electrons. The van der Waals surface area contributed by atoms with E-state index in [-0.39, 0.29) is 5.57 Å². The first-order valence-electron chi connectivity index (χ1n) is 8.80. The van der Waals surface area contributed by atoms with E-state index in [0.717, 1.165) is 5.56 Å². The zero-order chi connectivity index (χ0) is 21.5. The zero-order valence-electron chi connectivity index (χ0n) is 15.5. The number of halogens is 3. The van der Waals surface area contributed by atoms with E-state index >= 15 is 0 Å². The number of hydrogen-bond acceptors (Lipinski definition) is 3. The number of nitrogens with zero attached hydrogens (tertiary/aromatic N) is 1. The first-order valence-corrected chi connectivity index (χ1v) is 10.6. The Kier molecular flexibility index (Phi) is 7.75. The molecule has 3 rings (SSSR count). The van der Waals surface area contributed by atoms with Crippen molar-refractivity contribution in [2.45, 2.75) is 6.61 Å². The van der Waals surface area contributed by atoms with E-state index in [4.69, 9.17) is 27.9 Å². The summed E-state index contributed by atoms with van der Waals surface area (Å²) in [5.74, 6) is 0.141. The predicted octanol–water partition coefficient (Wildman–Crippen LogP) is 6.72. The smallest absolute Gasteiger partial charge is 0.266 e. The molecule has 4 nitrogen and oxygen atoms in total. The number of carbonyl (C=O) groups is 1. The van der Waals surface area contributed by atoms with Crippen molar-refractivity contribution < 1.29 is 9.53 Å². The number of ether oxygens (including phenoxy) is 1. The second kappa shape index (κ2) is 10.5. The number of hydrogen-bond donors (Lipinski definition) is 1. The van der Waals surface area contributed by atoms with Crippen LogP contribution in [-0.2, 0) is 11.4 Å². The summed E-state index contributed by atoms with van der Waals surface area (Å²) in [6, 6.07) is 21.9. The van der Waals surface area contributed by atoms with Crippen LogP contribution >= 0.6 is 45.8 Å². The molecule has 0 aromatic heterocycles. The first-order chi connectivity index (χ1) is 14.4. The highest BCUT2D eigenvalue weighted by molar-refractivity contribution is 14.1. The van der Waals surface area contributed by atoms with Gasteiger partial charge in [0.25, 0.3) is 5.91 Å². The molecule has 0 heterocycles. The molecular weight excluding hydrogens is 534 g/mol. The lowest BCUT2D eigenvalue weighted by Crippen LogP contribution is -2.13. The average Bonchev–Trinajstić information content (AvgIpc) is 2.74. The maximum atomic E-state index is 12.4. The Labute approximate surface area is 198 Å². The summed E-state index contributed by atoms with van der Waals surface area (Å²) in [5.41, 5.74) is 2.11. The molecule has 0 bridgehead atoms. The Balaban J connectivity index is 1.65. The van der Waals surface area contributed by atoms with Gasteiger partial charge in [-0.2, -0.15) is 5.26 Å². The summed E-state index contributed by atoms with van der Waals surface area (Å²) in [7, 11) is 0. The monoisotopic (exact) mass is 548 g/mol. The van der Waals surface area contributed by atoms with E-state index in [1.165, 1.54) is 15.7 Å². The van der Waals surface area contributed by atoms with Gasteiger partial charge in [-0.15, -0.1) is 0 Å². The van der Waals surface area contributed by atoms with Crippen LogP contribution in [0.2, 0.25) is 10.0 Å². The molecule has 0 saturated carbocycles. The van der Waals surface area contributed by atoms with Gasteiger partial charge in [0.05, 0.1) is 10.7 Å². The van der Waals surface area contributed by atoms with Gasteiger partial charge in [-0.25, -0.2) is 0 Å². The number of anilines is 1. The van der Waals surface area contributed by atoms with E-state index in [2.05, 4.69) is 27.9 Å². The molecule has 30 heavy (non-hydrogen) atoms. The van der Waals surface area contributed by atoms with Gasteiger partial charge < -0.3 is 10.1 Å². The van der Waals surface area contributed by atoms with Crippen molar-refractivity contribution in [2.75, 3.05) is 5.32 Å². The fraction of sp³-hybridized carbons (Fsp3) is 0.0435. The minimum atomic E-state index is -0.555. The SMILES string of the molecule is N#C/C(=C/c1ccc(OCc2ccc(I)cc2)cc1)C(=O)Nc1ccc(Cl)cc1Cl. The average molecular weight is 549 g/mol. The molecule has 0 spiro atoms. The van der Waals surface area contributed by atoms with Crippen LogP contribution in [0.1, 0.15) is 11.1 Å². The number of carbonyl (C=O) groups excluding carboxylic acids is 1. The number of nitriles is 1. The van der Waals surface area contributed by atoms with Crippen LogP contribution < -0.4 is 10.1 Å². The highest BCUT2D eigenvalue weighted by atomic mass is 127. The normalized spacial score (nSPS) is 10.9. The van der Waals surface area contributed by atoms with E-state index in [1.54, 1.807) is 36.4 Å². The van der Waals surface area contributed by atoms with Gasteiger partial charge in [0, 0.05) is 8.59 Å². The summed E-state index contributed by atoms with van der Waals surface area (Å²) < 4.78 is 6.94. The topological polar surface area (TPSA) is 62.1 Å². The lowest BCUT2D eigenvalue weighted by atomic mass is 10.1. The number of nitrogens with one attached hydrogen (secondary N) is 1.